The number of aromatic nitrogens is 1. The van der Waals surface area contributed by atoms with Crippen LogP contribution in [0.3, 0.4) is 0 Å². The third kappa shape index (κ3) is 1.39. The van der Waals surface area contributed by atoms with Gasteiger partial charge in [0.05, 0.1) is 17.4 Å². The minimum Gasteiger partial charge on any atom is -0.385 e. The molecule has 3 rings (SSSR count). The number of benzene rings is 1. The summed E-state index contributed by atoms with van der Waals surface area (Å²) in [5, 5.41) is 13.6. The van der Waals surface area contributed by atoms with E-state index in [1.54, 1.807) is 6.20 Å². The third-order valence-corrected chi connectivity index (χ3v) is 3.06. The SMILES string of the molecule is Nc1oncc1-c1ccc(C2(O)CC2)cc1. The van der Waals surface area contributed by atoms with E-state index in [4.69, 9.17) is 10.3 Å². The van der Waals surface area contributed by atoms with Crippen LogP contribution in [0, 0.1) is 0 Å². The van der Waals surface area contributed by atoms with Gasteiger partial charge in [-0.05, 0) is 24.0 Å². The zero-order chi connectivity index (χ0) is 11.2. The number of nitrogen functional groups attached to an aromatic ring is 1. The molecule has 4 nitrogen and oxygen atoms in total. The molecule has 0 unspecified atom stereocenters. The van der Waals surface area contributed by atoms with Crippen molar-refractivity contribution in [2.45, 2.75) is 18.4 Å². The van der Waals surface area contributed by atoms with E-state index >= 15 is 0 Å². The van der Waals surface area contributed by atoms with Crippen molar-refractivity contribution in [3.05, 3.63) is 36.0 Å². The highest BCUT2D eigenvalue weighted by molar-refractivity contribution is 5.71. The Morgan fingerprint density at radius 1 is 1.25 bits per heavy atom. The molecule has 0 bridgehead atoms. The maximum absolute atomic E-state index is 9.92. The largest absolute Gasteiger partial charge is 0.385 e. The fraction of sp³-hybridized carbons (Fsp3) is 0.250. The van der Waals surface area contributed by atoms with Crippen LogP contribution in [0.1, 0.15) is 18.4 Å². The third-order valence-electron chi connectivity index (χ3n) is 3.06. The summed E-state index contributed by atoms with van der Waals surface area (Å²) in [5.41, 5.74) is 7.75. The second kappa shape index (κ2) is 3.09. The molecule has 1 fully saturated rings. The fourth-order valence-corrected chi connectivity index (χ4v) is 1.83. The average Bonchev–Trinajstić information content (AvgIpc) is 2.90. The molecule has 1 aromatic carbocycles. The van der Waals surface area contributed by atoms with Gasteiger partial charge < -0.3 is 15.4 Å². The molecule has 16 heavy (non-hydrogen) atoms. The summed E-state index contributed by atoms with van der Waals surface area (Å²) < 4.78 is 4.81. The summed E-state index contributed by atoms with van der Waals surface area (Å²) in [4.78, 5) is 0. The summed E-state index contributed by atoms with van der Waals surface area (Å²) in [6, 6.07) is 7.70. The monoisotopic (exact) mass is 216 g/mol. The Labute approximate surface area is 92.7 Å². The van der Waals surface area contributed by atoms with Gasteiger partial charge >= 0.3 is 0 Å². The van der Waals surface area contributed by atoms with Crippen molar-refractivity contribution in [3.8, 4) is 11.1 Å². The summed E-state index contributed by atoms with van der Waals surface area (Å²) in [5.74, 6) is 0.317. The molecule has 0 atom stereocenters. The van der Waals surface area contributed by atoms with Gasteiger partial charge in [0, 0.05) is 0 Å². The Hall–Kier alpha value is -1.81. The first-order valence-electron chi connectivity index (χ1n) is 5.22. The summed E-state index contributed by atoms with van der Waals surface area (Å²) in [7, 11) is 0. The van der Waals surface area contributed by atoms with Gasteiger partial charge in [-0.1, -0.05) is 29.4 Å². The molecule has 1 aliphatic carbocycles. The molecule has 1 aromatic heterocycles. The number of anilines is 1. The number of aliphatic hydroxyl groups is 1. The molecule has 1 heterocycles. The normalized spacial score (nSPS) is 17.3. The number of rotatable bonds is 2. The molecule has 4 heteroatoms. The van der Waals surface area contributed by atoms with Gasteiger partial charge in [-0.15, -0.1) is 0 Å². The van der Waals surface area contributed by atoms with Crippen LogP contribution in [0.5, 0.6) is 0 Å². The number of hydrogen-bond acceptors (Lipinski definition) is 4. The zero-order valence-corrected chi connectivity index (χ0v) is 8.68. The minimum atomic E-state index is -0.585. The quantitative estimate of drug-likeness (QED) is 0.804. The van der Waals surface area contributed by atoms with Crippen LogP contribution in [-0.4, -0.2) is 10.3 Å². The lowest BCUT2D eigenvalue weighted by Gasteiger charge is -2.08. The van der Waals surface area contributed by atoms with Gasteiger partial charge in [0.15, 0.2) is 0 Å². The van der Waals surface area contributed by atoms with Gasteiger partial charge in [-0.2, -0.15) is 0 Å². The van der Waals surface area contributed by atoms with Crippen LogP contribution < -0.4 is 5.73 Å². The Bertz CT molecular complexity index is 512. The summed E-state index contributed by atoms with van der Waals surface area (Å²) >= 11 is 0. The maximum Gasteiger partial charge on any atom is 0.229 e. The van der Waals surface area contributed by atoms with Crippen LogP contribution >= 0.6 is 0 Å². The van der Waals surface area contributed by atoms with Crippen molar-refractivity contribution >= 4 is 5.88 Å². The summed E-state index contributed by atoms with van der Waals surface area (Å²) in [6.07, 6.45) is 3.29. The van der Waals surface area contributed by atoms with Crippen LogP contribution in [0.2, 0.25) is 0 Å². The second-order valence-corrected chi connectivity index (χ2v) is 4.21. The highest BCUT2D eigenvalue weighted by Gasteiger charge is 2.41. The molecule has 0 saturated heterocycles. The van der Waals surface area contributed by atoms with Crippen molar-refractivity contribution in [1.29, 1.82) is 0 Å². The lowest BCUT2D eigenvalue weighted by atomic mass is 10.0. The first kappa shape index (κ1) is 9.42. The van der Waals surface area contributed by atoms with E-state index < -0.39 is 5.60 Å². The fourth-order valence-electron chi connectivity index (χ4n) is 1.83. The molecular formula is C12H12N2O2. The van der Waals surface area contributed by atoms with Gasteiger partial charge in [-0.3, -0.25) is 0 Å². The highest BCUT2D eigenvalue weighted by atomic mass is 16.5. The number of nitrogens with two attached hydrogens (primary N) is 1. The predicted octanol–water partition coefficient (Wildman–Crippen LogP) is 1.91. The first-order chi connectivity index (χ1) is 7.69. The van der Waals surface area contributed by atoms with Crippen molar-refractivity contribution < 1.29 is 9.63 Å². The molecule has 1 aliphatic rings. The Morgan fingerprint density at radius 2 is 1.94 bits per heavy atom. The number of hydrogen-bond donors (Lipinski definition) is 2. The van der Waals surface area contributed by atoms with Gasteiger partial charge in [0.1, 0.15) is 0 Å². The molecule has 2 aromatic rings. The standard InChI is InChI=1S/C12H12N2O2/c13-11-10(7-14-16-11)8-1-3-9(4-2-8)12(15)5-6-12/h1-4,7,15H,5-6,13H2. The summed E-state index contributed by atoms with van der Waals surface area (Å²) in [6.45, 7) is 0. The molecular weight excluding hydrogens is 204 g/mol. The molecule has 0 amide bonds. The Kier molecular flexibility index (Phi) is 1.82. The van der Waals surface area contributed by atoms with E-state index in [1.807, 2.05) is 24.3 Å². The molecule has 3 N–H and O–H groups in total. The molecule has 0 spiro atoms. The van der Waals surface area contributed by atoms with E-state index in [2.05, 4.69) is 5.16 Å². The van der Waals surface area contributed by atoms with Gasteiger partial charge in [0.25, 0.3) is 0 Å². The lowest BCUT2D eigenvalue weighted by molar-refractivity contribution is 0.151. The van der Waals surface area contributed by atoms with Crippen LogP contribution in [0.25, 0.3) is 11.1 Å². The Morgan fingerprint density at radius 3 is 2.44 bits per heavy atom. The Balaban J connectivity index is 1.96. The predicted molar refractivity (Wildman–Crippen MR) is 59.5 cm³/mol. The molecule has 82 valence electrons. The minimum absolute atomic E-state index is 0.317. The molecule has 0 radical (unpaired) electrons. The maximum atomic E-state index is 9.92. The van der Waals surface area contributed by atoms with Crippen molar-refractivity contribution in [2.24, 2.45) is 0 Å². The molecule has 0 aliphatic heterocycles. The number of nitrogens with zero attached hydrogens (tertiary/aromatic N) is 1. The van der Waals surface area contributed by atoms with Crippen LogP contribution in [-0.2, 0) is 5.60 Å². The van der Waals surface area contributed by atoms with E-state index in [1.165, 1.54) is 0 Å². The van der Waals surface area contributed by atoms with Crippen molar-refractivity contribution in [1.82, 2.24) is 5.16 Å². The van der Waals surface area contributed by atoms with E-state index in [-0.39, 0.29) is 0 Å². The van der Waals surface area contributed by atoms with E-state index in [0.29, 0.717) is 5.88 Å². The lowest BCUT2D eigenvalue weighted by Crippen LogP contribution is -2.03. The highest BCUT2D eigenvalue weighted by Crippen LogP contribution is 2.45. The van der Waals surface area contributed by atoms with E-state index in [0.717, 1.165) is 29.5 Å². The van der Waals surface area contributed by atoms with Crippen molar-refractivity contribution in [3.63, 3.8) is 0 Å². The first-order valence-corrected chi connectivity index (χ1v) is 5.22. The van der Waals surface area contributed by atoms with Crippen LogP contribution in [0.15, 0.2) is 35.0 Å². The average molecular weight is 216 g/mol. The van der Waals surface area contributed by atoms with Crippen molar-refractivity contribution in [2.75, 3.05) is 5.73 Å². The molecule has 1 saturated carbocycles. The van der Waals surface area contributed by atoms with Crippen LogP contribution in [0.4, 0.5) is 5.88 Å². The smallest absolute Gasteiger partial charge is 0.229 e. The van der Waals surface area contributed by atoms with E-state index in [9.17, 15) is 5.11 Å². The topological polar surface area (TPSA) is 72.3 Å². The van der Waals surface area contributed by atoms with Gasteiger partial charge in [0.2, 0.25) is 5.88 Å². The zero-order valence-electron chi connectivity index (χ0n) is 8.68. The van der Waals surface area contributed by atoms with Gasteiger partial charge in [-0.25, -0.2) is 0 Å². The second-order valence-electron chi connectivity index (χ2n) is 4.21.